The summed E-state index contributed by atoms with van der Waals surface area (Å²) in [6.07, 6.45) is 9.70. The number of nitrogens with zero attached hydrogens (tertiary/aromatic N) is 5. The summed E-state index contributed by atoms with van der Waals surface area (Å²) in [5.74, 6) is -3.96. The zero-order chi connectivity index (χ0) is 53.6. The number of morpholine rings is 1. The van der Waals surface area contributed by atoms with Crippen molar-refractivity contribution in [3.63, 3.8) is 0 Å². The number of nitrogens with one attached hydrogen (secondary N) is 2. The van der Waals surface area contributed by atoms with E-state index in [-0.39, 0.29) is 43.3 Å². The molecular weight excluding hydrogens is 959 g/mol. The number of primary amides is 4. The van der Waals surface area contributed by atoms with E-state index in [1.165, 1.54) is 0 Å². The fourth-order valence-electron chi connectivity index (χ4n) is 15.4. The number of rotatable bonds is 13. The molecule has 4 saturated heterocycles. The number of aromatic nitrogens is 1. The Balaban J connectivity index is 1.13. The van der Waals surface area contributed by atoms with Crippen molar-refractivity contribution in [2.45, 2.75) is 120 Å². The van der Waals surface area contributed by atoms with E-state index >= 15 is 9.59 Å². The SMILES string of the molecule is CC1CC(C2CCCN2[C@@](C(N)=O)(C(=O)OC(N)=O)C2(C)CC3=CC=C2C(=N)C3)N(c2ccc(-c3ccc(N4CCOCC4)nc3)cc2)[C@@]1(C)C1CCCN1[C@@](C(N)=O)(C(=O)OC(N)=O)C1(C)CC2=CC=C1C(=N)C2. The van der Waals surface area contributed by atoms with Crippen LogP contribution in [0, 0.1) is 27.6 Å². The Morgan fingerprint density at radius 2 is 1.20 bits per heavy atom. The number of allylic oxidation sites excluding steroid dienone is 6. The fraction of sp³-hybridized carbons (Fsp3) is 0.509. The Kier molecular flexibility index (Phi) is 12.8. The predicted molar refractivity (Wildman–Crippen MR) is 278 cm³/mol. The van der Waals surface area contributed by atoms with Crippen molar-refractivity contribution in [1.82, 2.24) is 14.8 Å². The first kappa shape index (κ1) is 51.5. The van der Waals surface area contributed by atoms with Crippen LogP contribution in [-0.2, 0) is 33.4 Å². The lowest BCUT2D eigenvalue weighted by molar-refractivity contribution is -0.170. The second-order valence-electron chi connectivity index (χ2n) is 22.3. The summed E-state index contributed by atoms with van der Waals surface area (Å²) >= 11 is 0. The van der Waals surface area contributed by atoms with Gasteiger partial charge >= 0.3 is 24.1 Å². The van der Waals surface area contributed by atoms with E-state index in [4.69, 9.17) is 52.9 Å². The van der Waals surface area contributed by atoms with Gasteiger partial charge in [0.1, 0.15) is 5.82 Å². The molecule has 20 nitrogen and oxygen atoms in total. The molecule has 6 unspecified atom stereocenters. The predicted octanol–water partition coefficient (Wildman–Crippen LogP) is 4.55. The molecule has 4 bridgehead atoms. The van der Waals surface area contributed by atoms with Gasteiger partial charge in [-0.3, -0.25) is 19.4 Å². The summed E-state index contributed by atoms with van der Waals surface area (Å²) in [6.45, 7) is 10.8. The topological polar surface area (TPSA) is 308 Å². The van der Waals surface area contributed by atoms with E-state index in [0.29, 0.717) is 69.3 Å². The first-order valence-electron chi connectivity index (χ1n) is 26.0. The number of esters is 2. The maximum atomic E-state index is 15.1. The van der Waals surface area contributed by atoms with Crippen molar-refractivity contribution in [3.8, 4) is 11.1 Å². The summed E-state index contributed by atoms with van der Waals surface area (Å²) in [4.78, 5) is 97.9. The summed E-state index contributed by atoms with van der Waals surface area (Å²) in [7, 11) is 0. The molecule has 1 aromatic heterocycles. The molecule has 4 amide bonds. The molecule has 20 heteroatoms. The number of hydrogen-bond acceptors (Lipinski definition) is 16. The number of pyridine rings is 1. The van der Waals surface area contributed by atoms with Gasteiger partial charge in [-0.25, -0.2) is 24.2 Å². The molecule has 10 aliphatic rings. The average molecular weight is 1030 g/mol. The minimum absolute atomic E-state index is 0.179. The van der Waals surface area contributed by atoms with Crippen molar-refractivity contribution in [3.05, 3.63) is 89.2 Å². The van der Waals surface area contributed by atoms with Gasteiger partial charge < -0.3 is 57.8 Å². The van der Waals surface area contributed by atoms with Crippen LogP contribution >= 0.6 is 0 Å². The molecule has 4 aliphatic heterocycles. The van der Waals surface area contributed by atoms with Gasteiger partial charge in [-0.2, -0.15) is 0 Å². The number of carbonyl (C=O) groups is 6. The maximum absolute atomic E-state index is 15.1. The molecular formula is C55H67N11O9. The van der Waals surface area contributed by atoms with Crippen LogP contribution in [0.25, 0.3) is 11.1 Å². The number of benzene rings is 1. The molecule has 1 aromatic carbocycles. The number of amides is 4. The third-order valence-electron chi connectivity index (χ3n) is 18.6. The Morgan fingerprint density at radius 1 is 0.680 bits per heavy atom. The number of hydrogen-bond donors (Lipinski definition) is 6. The monoisotopic (exact) mass is 1030 g/mol. The normalized spacial score (nSPS) is 31.2. The quantitative estimate of drug-likeness (QED) is 0.119. The number of carbonyl (C=O) groups excluding carboxylic acids is 6. The van der Waals surface area contributed by atoms with Crippen molar-refractivity contribution in [2.24, 2.45) is 39.7 Å². The van der Waals surface area contributed by atoms with Crippen LogP contribution in [0.3, 0.4) is 0 Å². The Bertz CT molecular complexity index is 2930. The molecule has 9 atom stereocenters. The van der Waals surface area contributed by atoms with Gasteiger partial charge in [-0.15, -0.1) is 0 Å². The van der Waals surface area contributed by atoms with E-state index in [1.807, 2.05) is 59.6 Å². The summed E-state index contributed by atoms with van der Waals surface area (Å²) in [6, 6.07) is 10.2. The lowest BCUT2D eigenvalue weighted by atomic mass is 9.55. The molecule has 396 valence electrons. The van der Waals surface area contributed by atoms with Crippen molar-refractivity contribution in [1.29, 1.82) is 10.8 Å². The number of likely N-dealkylation sites (tertiary alicyclic amines) is 2. The van der Waals surface area contributed by atoms with Crippen LogP contribution in [0.1, 0.15) is 85.5 Å². The standard InChI is InChI=1S/C55H67N11O9/c1-31-25-42(41-7-5-19-64(41)54(45(58)67,47(69)74-49(60)71)51(2)28-32-9-16-37(51)39(56)26-32)66(36-14-11-34(12-15-36)35-13-18-44(62-30-35)63-21-23-73-24-22-63)53(31,4)43-8-6-20-65(43)55(46(59)68,48(70)75-50(61)72)52(3)29-33-10-17-38(52)40(57)27-33/h9-18,30-31,41-43,56-57H,5-8,19-29H2,1-4H3,(H2,58,67)(H2,59,68)(H2,60,71)(H2,61,72)/t31?,41?,42?,43?,51?,52?,53-,54+,55+/m1/s1. The van der Waals surface area contributed by atoms with E-state index in [0.717, 1.165) is 46.9 Å². The maximum Gasteiger partial charge on any atom is 0.412 e. The molecule has 6 fully saturated rings. The van der Waals surface area contributed by atoms with Crippen molar-refractivity contribution >= 4 is 58.9 Å². The van der Waals surface area contributed by atoms with Crippen LogP contribution in [-0.4, -0.2) is 136 Å². The van der Waals surface area contributed by atoms with Crippen LogP contribution in [0.2, 0.25) is 0 Å². The van der Waals surface area contributed by atoms with Gasteiger partial charge in [0.2, 0.25) is 11.1 Å². The van der Waals surface area contributed by atoms with Gasteiger partial charge in [-0.1, -0.05) is 68.4 Å². The lowest BCUT2D eigenvalue weighted by Gasteiger charge is -2.59. The minimum Gasteiger partial charge on any atom is -0.378 e. The Morgan fingerprint density at radius 3 is 1.69 bits per heavy atom. The Labute approximate surface area is 435 Å². The molecule has 12 rings (SSSR count). The number of nitrogens with two attached hydrogens (primary N) is 4. The second kappa shape index (κ2) is 18.7. The largest absolute Gasteiger partial charge is 0.412 e. The first-order valence-corrected chi connectivity index (χ1v) is 26.0. The number of ether oxygens (including phenoxy) is 3. The highest BCUT2D eigenvalue weighted by Crippen LogP contribution is 2.60. The molecule has 75 heavy (non-hydrogen) atoms. The average Bonchev–Trinajstić information content (AvgIpc) is 4.11. The van der Waals surface area contributed by atoms with Crippen LogP contribution < -0.4 is 32.7 Å². The molecule has 2 saturated carbocycles. The number of fused-ring (bicyclic) bond motifs is 6. The summed E-state index contributed by atoms with van der Waals surface area (Å²) < 4.78 is 16.2. The first-order chi connectivity index (χ1) is 35.6. The highest BCUT2D eigenvalue weighted by atomic mass is 16.6. The molecule has 6 aliphatic carbocycles. The molecule has 0 radical (unpaired) electrons. The fourth-order valence-corrected chi connectivity index (χ4v) is 15.4. The van der Waals surface area contributed by atoms with E-state index in [9.17, 15) is 19.2 Å². The summed E-state index contributed by atoms with van der Waals surface area (Å²) in [5, 5.41) is 18.2. The Hall–Kier alpha value is -7.03. The molecule has 10 N–H and O–H groups in total. The van der Waals surface area contributed by atoms with Gasteiger partial charge in [0, 0.05) is 96.8 Å². The summed E-state index contributed by atoms with van der Waals surface area (Å²) in [5.41, 5.74) is 21.2. The van der Waals surface area contributed by atoms with Crippen molar-refractivity contribution in [2.75, 3.05) is 49.2 Å². The minimum atomic E-state index is -2.35. The highest BCUT2D eigenvalue weighted by Gasteiger charge is 2.73. The molecule has 0 spiro atoms. The van der Waals surface area contributed by atoms with Gasteiger partial charge in [0.15, 0.2) is 0 Å². The zero-order valence-electron chi connectivity index (χ0n) is 43.0. The zero-order valence-corrected chi connectivity index (χ0v) is 43.0. The smallest absolute Gasteiger partial charge is 0.378 e. The third-order valence-corrected chi connectivity index (χ3v) is 18.6. The lowest BCUT2D eigenvalue weighted by Crippen LogP contribution is -2.77. The van der Waals surface area contributed by atoms with Gasteiger partial charge in [-0.05, 0) is 98.8 Å². The van der Waals surface area contributed by atoms with Crippen LogP contribution in [0.5, 0.6) is 0 Å². The van der Waals surface area contributed by atoms with E-state index in [2.05, 4.69) is 23.6 Å². The van der Waals surface area contributed by atoms with E-state index < -0.39 is 81.5 Å². The number of anilines is 2. The molecule has 2 aromatic rings. The van der Waals surface area contributed by atoms with Crippen LogP contribution in [0.4, 0.5) is 21.1 Å². The van der Waals surface area contributed by atoms with E-state index in [1.54, 1.807) is 30.9 Å². The highest BCUT2D eigenvalue weighted by molar-refractivity contribution is 6.15. The van der Waals surface area contributed by atoms with Crippen LogP contribution in [0.15, 0.2) is 89.2 Å². The molecule has 5 heterocycles. The second-order valence-corrected chi connectivity index (χ2v) is 22.3. The van der Waals surface area contributed by atoms with Crippen molar-refractivity contribution < 1.29 is 43.0 Å². The third kappa shape index (κ3) is 7.59. The van der Waals surface area contributed by atoms with Gasteiger partial charge in [0.05, 0.1) is 18.8 Å². The van der Waals surface area contributed by atoms with Gasteiger partial charge in [0.25, 0.3) is 11.8 Å².